The second-order valence-electron chi connectivity index (χ2n) is 7.94. The number of halogens is 1. The van der Waals surface area contributed by atoms with E-state index in [1.807, 2.05) is 18.2 Å². The largest absolute Gasteiger partial charge is 0.506 e. The van der Waals surface area contributed by atoms with E-state index in [9.17, 15) is 9.90 Å². The van der Waals surface area contributed by atoms with E-state index in [1.165, 1.54) is 11.1 Å². The van der Waals surface area contributed by atoms with E-state index < -0.39 is 0 Å². The van der Waals surface area contributed by atoms with Crippen molar-refractivity contribution >= 4 is 22.5 Å². The zero-order valence-electron chi connectivity index (χ0n) is 17.0. The topological polar surface area (TPSA) is 87.8 Å². The number of aromatic nitrogens is 1. The van der Waals surface area contributed by atoms with Crippen LogP contribution in [0.5, 0.6) is 5.75 Å². The van der Waals surface area contributed by atoms with Crippen LogP contribution in [0.1, 0.15) is 22.6 Å². The Hall–Kier alpha value is -3.12. The zero-order chi connectivity index (χ0) is 20.8. The minimum Gasteiger partial charge on any atom is -0.506 e. The fraction of sp³-hybridized carbons (Fsp3) is 0.160. The van der Waals surface area contributed by atoms with Crippen molar-refractivity contribution in [1.82, 2.24) is 9.88 Å². The molecule has 31 heavy (non-hydrogen) atoms. The third-order valence-electron chi connectivity index (χ3n) is 5.89. The number of hydrogen-bond donors (Lipinski definition) is 2. The SMILES string of the molecule is CN1Cc2ccccc2[C@H](c2cccc(-c3c(O)c4ccc(Cl)cc4[nH]c3=O)c2)C1.O. The van der Waals surface area contributed by atoms with E-state index in [2.05, 4.69) is 47.3 Å². The summed E-state index contributed by atoms with van der Waals surface area (Å²) in [5, 5.41) is 12.0. The quantitative estimate of drug-likeness (QED) is 0.492. The molecule has 4 aromatic rings. The van der Waals surface area contributed by atoms with Crippen LogP contribution in [-0.4, -0.2) is 34.1 Å². The number of aromatic hydroxyl groups is 1. The number of rotatable bonds is 2. The molecular weight excluding hydrogens is 412 g/mol. The highest BCUT2D eigenvalue weighted by Gasteiger charge is 2.25. The van der Waals surface area contributed by atoms with Crippen molar-refractivity contribution in [2.75, 3.05) is 13.6 Å². The van der Waals surface area contributed by atoms with Crippen LogP contribution in [0.4, 0.5) is 0 Å². The molecule has 0 saturated heterocycles. The van der Waals surface area contributed by atoms with Crippen LogP contribution in [0.3, 0.4) is 0 Å². The molecule has 1 aromatic heterocycles. The molecule has 0 aliphatic carbocycles. The van der Waals surface area contributed by atoms with E-state index in [4.69, 9.17) is 11.6 Å². The van der Waals surface area contributed by atoms with Crippen LogP contribution >= 0.6 is 11.6 Å². The Morgan fingerprint density at radius 3 is 2.71 bits per heavy atom. The first-order valence-corrected chi connectivity index (χ1v) is 10.3. The van der Waals surface area contributed by atoms with Gasteiger partial charge in [0.05, 0.1) is 11.1 Å². The smallest absolute Gasteiger partial charge is 0.260 e. The summed E-state index contributed by atoms with van der Waals surface area (Å²) in [5.74, 6) is 0.184. The van der Waals surface area contributed by atoms with Crippen LogP contribution in [0.15, 0.2) is 71.5 Å². The van der Waals surface area contributed by atoms with Crippen molar-refractivity contribution in [3.63, 3.8) is 0 Å². The highest BCUT2D eigenvalue weighted by Crippen LogP contribution is 2.37. The summed E-state index contributed by atoms with van der Waals surface area (Å²) in [6.07, 6.45) is 0. The average Bonchev–Trinajstić information content (AvgIpc) is 2.73. The van der Waals surface area contributed by atoms with Gasteiger partial charge in [0.25, 0.3) is 5.56 Å². The fourth-order valence-electron chi connectivity index (χ4n) is 4.50. The van der Waals surface area contributed by atoms with Gasteiger partial charge in [0, 0.05) is 29.4 Å². The molecule has 0 amide bonds. The Morgan fingerprint density at radius 2 is 1.87 bits per heavy atom. The summed E-state index contributed by atoms with van der Waals surface area (Å²) in [7, 11) is 2.12. The molecule has 0 spiro atoms. The van der Waals surface area contributed by atoms with Gasteiger partial charge >= 0.3 is 0 Å². The van der Waals surface area contributed by atoms with Gasteiger partial charge < -0.3 is 20.5 Å². The number of aromatic amines is 1. The first-order valence-electron chi connectivity index (χ1n) is 9.92. The number of likely N-dealkylation sites (N-methyl/N-ethyl adjacent to an activating group) is 1. The fourth-order valence-corrected chi connectivity index (χ4v) is 4.67. The molecule has 4 N–H and O–H groups in total. The summed E-state index contributed by atoms with van der Waals surface area (Å²) >= 11 is 6.03. The number of nitrogens with one attached hydrogen (secondary N) is 1. The Kier molecular flexibility index (Phi) is 5.58. The van der Waals surface area contributed by atoms with Gasteiger partial charge in [-0.1, -0.05) is 60.1 Å². The second kappa shape index (κ2) is 8.19. The standard InChI is InChI=1S/C25H21ClN2O2.H2O/c1-28-13-17-5-2-3-8-19(17)21(14-28)15-6-4-7-16(11-15)23-24(29)20-10-9-18(26)12-22(20)27-25(23)30;/h2-12,21H,13-14H2,1H3,(H2,27,29,30);1H2/t21-;/m0./s1. The van der Waals surface area contributed by atoms with Gasteiger partial charge in [0.1, 0.15) is 5.75 Å². The van der Waals surface area contributed by atoms with Crippen molar-refractivity contribution < 1.29 is 10.6 Å². The monoisotopic (exact) mass is 434 g/mol. The summed E-state index contributed by atoms with van der Waals surface area (Å²) in [5.41, 5.74) is 4.94. The molecule has 3 aromatic carbocycles. The van der Waals surface area contributed by atoms with E-state index in [-0.39, 0.29) is 28.3 Å². The summed E-state index contributed by atoms with van der Waals surface area (Å²) in [4.78, 5) is 18.0. The number of benzene rings is 3. The maximum Gasteiger partial charge on any atom is 0.260 e. The van der Waals surface area contributed by atoms with Gasteiger partial charge in [-0.2, -0.15) is 0 Å². The number of pyridine rings is 1. The van der Waals surface area contributed by atoms with Gasteiger partial charge in [-0.3, -0.25) is 4.79 Å². The van der Waals surface area contributed by atoms with Crippen molar-refractivity contribution in [2.45, 2.75) is 12.5 Å². The van der Waals surface area contributed by atoms with Crippen LogP contribution in [0, 0.1) is 0 Å². The maximum atomic E-state index is 12.8. The normalized spacial score (nSPS) is 16.0. The van der Waals surface area contributed by atoms with Gasteiger partial charge in [-0.25, -0.2) is 0 Å². The minimum absolute atomic E-state index is 0. The number of fused-ring (bicyclic) bond motifs is 2. The summed E-state index contributed by atoms with van der Waals surface area (Å²) < 4.78 is 0. The third-order valence-corrected chi connectivity index (χ3v) is 6.13. The zero-order valence-corrected chi connectivity index (χ0v) is 17.8. The number of hydrogen-bond acceptors (Lipinski definition) is 3. The molecule has 0 radical (unpaired) electrons. The van der Waals surface area contributed by atoms with E-state index in [1.54, 1.807) is 18.2 Å². The van der Waals surface area contributed by atoms with Gasteiger partial charge in [-0.15, -0.1) is 0 Å². The number of nitrogens with zero attached hydrogens (tertiary/aromatic N) is 1. The predicted octanol–water partition coefficient (Wildman–Crippen LogP) is 4.31. The molecule has 0 fully saturated rings. The molecule has 2 heterocycles. The summed E-state index contributed by atoms with van der Waals surface area (Å²) in [6.45, 7) is 1.83. The molecule has 5 nitrogen and oxygen atoms in total. The molecule has 6 heteroatoms. The Labute approximate surface area is 184 Å². The second-order valence-corrected chi connectivity index (χ2v) is 8.38. The van der Waals surface area contributed by atoms with E-state index in [0.29, 0.717) is 21.5 Å². The van der Waals surface area contributed by atoms with Crippen molar-refractivity contribution in [2.24, 2.45) is 0 Å². The average molecular weight is 435 g/mol. The molecule has 0 saturated carbocycles. The maximum absolute atomic E-state index is 12.8. The first-order chi connectivity index (χ1) is 14.5. The molecule has 5 rings (SSSR count). The molecule has 1 atom stereocenters. The minimum atomic E-state index is -0.333. The Bertz CT molecular complexity index is 1330. The van der Waals surface area contributed by atoms with Gasteiger partial charge in [0.2, 0.25) is 0 Å². The van der Waals surface area contributed by atoms with Crippen molar-refractivity contribution in [1.29, 1.82) is 0 Å². The van der Waals surface area contributed by atoms with E-state index in [0.717, 1.165) is 18.7 Å². The lowest BCUT2D eigenvalue weighted by atomic mass is 9.84. The summed E-state index contributed by atoms with van der Waals surface area (Å²) in [6, 6.07) is 21.5. The lowest BCUT2D eigenvalue weighted by Crippen LogP contribution is -2.30. The highest BCUT2D eigenvalue weighted by atomic mass is 35.5. The lowest BCUT2D eigenvalue weighted by molar-refractivity contribution is 0.295. The van der Waals surface area contributed by atoms with E-state index >= 15 is 0 Å². The van der Waals surface area contributed by atoms with Gasteiger partial charge in [-0.05, 0) is 47.5 Å². The molecule has 1 aliphatic heterocycles. The molecule has 1 aliphatic rings. The highest BCUT2D eigenvalue weighted by molar-refractivity contribution is 6.31. The molecule has 0 unspecified atom stereocenters. The van der Waals surface area contributed by atoms with Crippen LogP contribution in [0.25, 0.3) is 22.0 Å². The van der Waals surface area contributed by atoms with Crippen LogP contribution < -0.4 is 5.56 Å². The lowest BCUT2D eigenvalue weighted by Gasteiger charge is -2.32. The first kappa shape index (κ1) is 21.1. The predicted molar refractivity (Wildman–Crippen MR) is 125 cm³/mol. The molecule has 158 valence electrons. The molecular formula is C25H23ClN2O3. The van der Waals surface area contributed by atoms with Crippen molar-refractivity contribution in [3.05, 3.63) is 98.8 Å². The third kappa shape index (κ3) is 3.72. The molecule has 0 bridgehead atoms. The Balaban J connectivity index is 0.00000231. The van der Waals surface area contributed by atoms with Crippen molar-refractivity contribution in [3.8, 4) is 16.9 Å². The van der Waals surface area contributed by atoms with Crippen LogP contribution in [0.2, 0.25) is 5.02 Å². The number of H-pyrrole nitrogens is 1. The van der Waals surface area contributed by atoms with Gasteiger partial charge in [0.15, 0.2) is 0 Å². The van der Waals surface area contributed by atoms with Crippen LogP contribution in [-0.2, 0) is 6.54 Å². The Morgan fingerprint density at radius 1 is 1.06 bits per heavy atom.